The van der Waals surface area contributed by atoms with Crippen LogP contribution in [0.3, 0.4) is 0 Å². The molecule has 0 saturated carbocycles. The van der Waals surface area contributed by atoms with E-state index in [2.05, 4.69) is 16.8 Å². The molecule has 0 unspecified atom stereocenters. The molecule has 0 saturated heterocycles. The molecule has 0 spiro atoms. The number of hydrogen-bond donors (Lipinski definition) is 0. The van der Waals surface area contributed by atoms with Gasteiger partial charge in [-0.3, -0.25) is 0 Å². The average Bonchev–Trinajstić information content (AvgIpc) is 3.18. The Hall–Kier alpha value is -2.88. The predicted octanol–water partition coefficient (Wildman–Crippen LogP) is 6.41. The largest absolute Gasteiger partial charge is 0.557 e. The van der Waals surface area contributed by atoms with Gasteiger partial charge in [-0.1, -0.05) is 72.9 Å². The van der Waals surface area contributed by atoms with Gasteiger partial charge in [-0.2, -0.15) is 5.10 Å². The van der Waals surface area contributed by atoms with Crippen LogP contribution in [0.2, 0.25) is 0 Å². The summed E-state index contributed by atoms with van der Waals surface area (Å²) >= 11 is 0. The van der Waals surface area contributed by atoms with E-state index in [0.29, 0.717) is 11.4 Å². The first-order valence-corrected chi connectivity index (χ1v) is 9.17. The molecule has 1 heterocycles. The first kappa shape index (κ1) is 25.2. The number of rotatable bonds is 7. The summed E-state index contributed by atoms with van der Waals surface area (Å²) in [7, 11) is 3.25. The molecule has 6 heteroatoms. The van der Waals surface area contributed by atoms with Gasteiger partial charge in [0.1, 0.15) is 5.75 Å². The maximum atomic E-state index is 5.58. The number of methoxy groups -OCH3 is 1. The van der Waals surface area contributed by atoms with Gasteiger partial charge in [0, 0.05) is 47.0 Å². The topological polar surface area (TPSA) is 50.4 Å². The molecular formula is C24H26N3O2W-. The van der Waals surface area contributed by atoms with Crippen LogP contribution in [0.25, 0.3) is 22.4 Å². The van der Waals surface area contributed by atoms with Crippen LogP contribution in [0.5, 0.6) is 5.75 Å². The van der Waals surface area contributed by atoms with Crippen LogP contribution in [0.15, 0.2) is 97.7 Å². The Morgan fingerprint density at radius 3 is 2.20 bits per heavy atom. The van der Waals surface area contributed by atoms with Crippen molar-refractivity contribution in [2.75, 3.05) is 14.2 Å². The van der Waals surface area contributed by atoms with E-state index in [-0.39, 0.29) is 21.1 Å². The molecule has 0 atom stereocenters. The molecule has 30 heavy (non-hydrogen) atoms. The van der Waals surface area contributed by atoms with Gasteiger partial charge in [0.25, 0.3) is 0 Å². The van der Waals surface area contributed by atoms with Crippen LogP contribution in [0, 0.1) is 0 Å². The number of para-hydroxylation sites is 1. The molecule has 0 aliphatic heterocycles. The molecular weight excluding hydrogens is 546 g/mol. The SMILES string of the molecule is C=C/C=C(\C=C/C)n1cc([N-]Oc2ccccc2)c(-c2ccccc2)n1.COC.[W]. The second kappa shape index (κ2) is 14.2. The smallest absolute Gasteiger partial charge is 0.106 e. The number of allylic oxidation sites excluding steroid dienone is 5. The van der Waals surface area contributed by atoms with E-state index >= 15 is 0 Å². The maximum Gasteiger partial charge on any atom is 0.106 e. The summed E-state index contributed by atoms with van der Waals surface area (Å²) in [5.74, 6) is 0.676. The number of aromatic nitrogens is 2. The summed E-state index contributed by atoms with van der Waals surface area (Å²) in [6.07, 6.45) is 9.39. The van der Waals surface area contributed by atoms with E-state index < -0.39 is 0 Å². The molecule has 1 aromatic heterocycles. The molecule has 0 bridgehead atoms. The van der Waals surface area contributed by atoms with Crippen molar-refractivity contribution in [1.82, 2.24) is 9.78 Å². The van der Waals surface area contributed by atoms with Gasteiger partial charge in [0.15, 0.2) is 0 Å². The summed E-state index contributed by atoms with van der Waals surface area (Å²) in [6.45, 7) is 5.73. The van der Waals surface area contributed by atoms with Crippen LogP contribution in [0.1, 0.15) is 6.92 Å². The minimum Gasteiger partial charge on any atom is -0.557 e. The van der Waals surface area contributed by atoms with Crippen molar-refractivity contribution in [2.24, 2.45) is 0 Å². The van der Waals surface area contributed by atoms with Crippen LogP contribution in [0.4, 0.5) is 5.69 Å². The Labute approximate surface area is 192 Å². The summed E-state index contributed by atoms with van der Waals surface area (Å²) in [4.78, 5) is 5.58. The van der Waals surface area contributed by atoms with E-state index in [0.717, 1.165) is 17.0 Å². The van der Waals surface area contributed by atoms with Gasteiger partial charge in [-0.05, 0) is 31.2 Å². The third kappa shape index (κ3) is 7.51. The van der Waals surface area contributed by atoms with Crippen molar-refractivity contribution in [3.05, 3.63) is 103 Å². The van der Waals surface area contributed by atoms with E-state index in [4.69, 9.17) is 9.94 Å². The van der Waals surface area contributed by atoms with Crippen molar-refractivity contribution in [3.8, 4) is 17.0 Å². The molecule has 3 rings (SSSR count). The van der Waals surface area contributed by atoms with Gasteiger partial charge >= 0.3 is 0 Å². The van der Waals surface area contributed by atoms with Crippen LogP contribution < -0.4 is 4.84 Å². The molecule has 156 valence electrons. The first-order chi connectivity index (χ1) is 14.2. The molecule has 3 aromatic rings. The van der Waals surface area contributed by atoms with Gasteiger partial charge in [0.2, 0.25) is 0 Å². The van der Waals surface area contributed by atoms with Crippen molar-refractivity contribution in [1.29, 1.82) is 0 Å². The van der Waals surface area contributed by atoms with Gasteiger partial charge in [-0.15, -0.1) is 0 Å². The maximum absolute atomic E-state index is 5.58. The van der Waals surface area contributed by atoms with Crippen LogP contribution >= 0.6 is 0 Å². The fraction of sp³-hybridized carbons (Fsp3) is 0.125. The third-order valence-electron chi connectivity index (χ3n) is 3.63. The number of nitrogens with zero attached hydrogens (tertiary/aromatic N) is 3. The molecule has 0 radical (unpaired) electrons. The zero-order valence-corrected chi connectivity index (χ0v) is 20.4. The standard InChI is InChI=1S/C22H20N3O.C2H6O.W/c1-3-11-19(12-4-2)25-17-21(24-26-20-15-9-6-10-16-20)22(23-25)18-13-7-5-8-14-18;1-3-2;/h3-17H,1H2,2H3;1-2H3;/q-1;;/b12-4-,19-11+;;. The van der Waals surface area contributed by atoms with Gasteiger partial charge in [-0.25, -0.2) is 4.68 Å². The number of hydrogen-bond acceptors (Lipinski definition) is 3. The Bertz CT molecular complexity index is 936. The summed E-state index contributed by atoms with van der Waals surface area (Å²) in [6, 6.07) is 19.4. The number of ether oxygens (including phenoxy) is 1. The molecule has 0 aliphatic carbocycles. The first-order valence-electron chi connectivity index (χ1n) is 9.17. The van der Waals surface area contributed by atoms with Crippen molar-refractivity contribution in [2.45, 2.75) is 6.92 Å². The predicted molar refractivity (Wildman–Crippen MR) is 120 cm³/mol. The fourth-order valence-corrected chi connectivity index (χ4v) is 2.45. The van der Waals surface area contributed by atoms with E-state index in [1.54, 1.807) is 25.0 Å². The molecule has 5 nitrogen and oxygen atoms in total. The van der Waals surface area contributed by atoms with Gasteiger partial charge < -0.3 is 15.1 Å². The Morgan fingerprint density at radius 2 is 1.63 bits per heavy atom. The quantitative estimate of drug-likeness (QED) is 0.243. The van der Waals surface area contributed by atoms with Crippen LogP contribution in [-0.2, 0) is 25.8 Å². The van der Waals surface area contributed by atoms with E-state index in [9.17, 15) is 0 Å². The second-order valence-electron chi connectivity index (χ2n) is 5.90. The zero-order valence-electron chi connectivity index (χ0n) is 17.4. The van der Waals surface area contributed by atoms with Crippen LogP contribution in [-0.4, -0.2) is 24.0 Å². The van der Waals surface area contributed by atoms with Crippen molar-refractivity contribution in [3.63, 3.8) is 0 Å². The summed E-state index contributed by atoms with van der Waals surface area (Å²) in [5, 5.41) is 4.71. The Balaban J connectivity index is 0.00000106. The van der Waals surface area contributed by atoms with Crippen molar-refractivity contribution >= 4 is 11.4 Å². The summed E-state index contributed by atoms with van der Waals surface area (Å²) in [5.41, 5.74) is 7.58. The third-order valence-corrected chi connectivity index (χ3v) is 3.63. The van der Waals surface area contributed by atoms with E-state index in [1.165, 1.54) is 0 Å². The molecule has 0 fully saturated rings. The van der Waals surface area contributed by atoms with Crippen molar-refractivity contribution < 1.29 is 30.6 Å². The molecule has 2 aromatic carbocycles. The minimum atomic E-state index is 0. The Morgan fingerprint density at radius 1 is 1.03 bits per heavy atom. The fourth-order valence-electron chi connectivity index (χ4n) is 2.45. The average molecular weight is 572 g/mol. The van der Waals surface area contributed by atoms with Gasteiger partial charge in [0.05, 0.1) is 11.4 Å². The number of benzene rings is 2. The summed E-state index contributed by atoms with van der Waals surface area (Å²) < 4.78 is 6.02. The molecule has 0 amide bonds. The van der Waals surface area contributed by atoms with E-state index in [1.807, 2.05) is 92.0 Å². The zero-order chi connectivity index (χ0) is 20.9. The minimum absolute atomic E-state index is 0. The molecule has 0 aliphatic rings. The second-order valence-corrected chi connectivity index (χ2v) is 5.90. The normalized spacial score (nSPS) is 10.6. The monoisotopic (exact) mass is 572 g/mol. The Kier molecular flexibility index (Phi) is 11.9. The molecule has 0 N–H and O–H groups in total.